The number of hydrogen-bond acceptors (Lipinski definition) is 2. The number of aryl methyl sites for hydroxylation is 1. The molecule has 2 heterocycles. The van der Waals surface area contributed by atoms with E-state index in [4.69, 9.17) is 0 Å². The van der Waals surface area contributed by atoms with Crippen LogP contribution in [0.3, 0.4) is 0 Å². The van der Waals surface area contributed by atoms with Crippen LogP contribution >= 0.6 is 0 Å². The molecule has 0 fully saturated rings. The van der Waals surface area contributed by atoms with Gasteiger partial charge in [-0.05, 0) is 50.8 Å². The van der Waals surface area contributed by atoms with Gasteiger partial charge in [-0.1, -0.05) is 43.2 Å². The molecule has 2 unspecified atom stereocenters. The van der Waals surface area contributed by atoms with Crippen molar-refractivity contribution >= 4 is 5.69 Å². The molecule has 1 aromatic rings. The molecule has 0 radical (unpaired) electrons. The summed E-state index contributed by atoms with van der Waals surface area (Å²) in [5.41, 5.74) is 6.20. The number of anilines is 1. The van der Waals surface area contributed by atoms with Gasteiger partial charge in [0.05, 0.1) is 0 Å². The van der Waals surface area contributed by atoms with Crippen molar-refractivity contribution in [3.05, 3.63) is 41.0 Å². The number of hydrogen-bond donors (Lipinski definition) is 0. The van der Waals surface area contributed by atoms with Gasteiger partial charge in [0, 0.05) is 37.8 Å². The fourth-order valence-corrected chi connectivity index (χ4v) is 4.33. The standard InChI is InChI=1S/C21H32N2/c1-5-17-14-23-12-7-9-18-8-6-10-19(21(18)23)20(17)15-22(4)13-11-16(2)3/h6,8,10-11,17,20H,5,7,9,12-15H2,1-4H3. The van der Waals surface area contributed by atoms with E-state index in [-0.39, 0.29) is 0 Å². The molecule has 0 saturated heterocycles. The minimum Gasteiger partial charge on any atom is -0.371 e. The Bertz CT molecular complexity index is 571. The van der Waals surface area contributed by atoms with Crippen LogP contribution in [0, 0.1) is 5.92 Å². The van der Waals surface area contributed by atoms with Crippen molar-refractivity contribution in [3.63, 3.8) is 0 Å². The van der Waals surface area contributed by atoms with Gasteiger partial charge in [0.25, 0.3) is 0 Å². The fourth-order valence-electron chi connectivity index (χ4n) is 4.33. The lowest BCUT2D eigenvalue weighted by Gasteiger charge is -2.45. The summed E-state index contributed by atoms with van der Waals surface area (Å²) in [5, 5.41) is 0. The van der Waals surface area contributed by atoms with E-state index in [2.05, 4.69) is 61.9 Å². The summed E-state index contributed by atoms with van der Waals surface area (Å²) in [6.07, 6.45) is 6.20. The lowest BCUT2D eigenvalue weighted by Crippen LogP contribution is -2.43. The van der Waals surface area contributed by atoms with E-state index in [0.29, 0.717) is 5.92 Å². The van der Waals surface area contributed by atoms with Crippen LogP contribution in [0.4, 0.5) is 5.69 Å². The number of allylic oxidation sites excluding steroid dienone is 1. The van der Waals surface area contributed by atoms with Crippen molar-refractivity contribution in [3.8, 4) is 0 Å². The summed E-state index contributed by atoms with van der Waals surface area (Å²) >= 11 is 0. The molecule has 0 aliphatic carbocycles. The third-order valence-corrected chi connectivity index (χ3v) is 5.61. The lowest BCUT2D eigenvalue weighted by molar-refractivity contribution is 0.275. The van der Waals surface area contributed by atoms with Crippen molar-refractivity contribution in [2.24, 2.45) is 5.92 Å². The molecule has 1 aromatic carbocycles. The highest BCUT2D eigenvalue weighted by molar-refractivity contribution is 5.64. The van der Waals surface area contributed by atoms with E-state index < -0.39 is 0 Å². The maximum Gasteiger partial charge on any atom is 0.0434 e. The highest BCUT2D eigenvalue weighted by Gasteiger charge is 2.35. The summed E-state index contributed by atoms with van der Waals surface area (Å²) in [6, 6.07) is 7.04. The maximum atomic E-state index is 2.68. The monoisotopic (exact) mass is 312 g/mol. The molecule has 2 heteroatoms. The van der Waals surface area contributed by atoms with E-state index in [1.54, 1.807) is 16.8 Å². The minimum atomic E-state index is 0.680. The van der Waals surface area contributed by atoms with E-state index in [0.717, 1.165) is 12.5 Å². The highest BCUT2D eigenvalue weighted by atomic mass is 15.2. The van der Waals surface area contributed by atoms with E-state index >= 15 is 0 Å². The summed E-state index contributed by atoms with van der Waals surface area (Å²) < 4.78 is 0. The van der Waals surface area contributed by atoms with Gasteiger partial charge in [0.15, 0.2) is 0 Å². The van der Waals surface area contributed by atoms with Gasteiger partial charge in [-0.2, -0.15) is 0 Å². The average Bonchev–Trinajstić information content (AvgIpc) is 2.55. The topological polar surface area (TPSA) is 6.48 Å². The van der Waals surface area contributed by atoms with Crippen LogP contribution in [0.5, 0.6) is 0 Å². The highest BCUT2D eigenvalue weighted by Crippen LogP contribution is 2.44. The Kier molecular flexibility index (Phi) is 5.11. The molecule has 0 bridgehead atoms. The molecule has 0 N–H and O–H groups in total. The number of para-hydroxylation sites is 1. The third kappa shape index (κ3) is 3.47. The molecule has 0 spiro atoms. The summed E-state index contributed by atoms with van der Waals surface area (Å²) in [5.74, 6) is 1.46. The second-order valence-corrected chi connectivity index (χ2v) is 7.68. The van der Waals surface area contributed by atoms with Gasteiger partial charge >= 0.3 is 0 Å². The van der Waals surface area contributed by atoms with Crippen molar-refractivity contribution in [2.75, 3.05) is 38.1 Å². The Morgan fingerprint density at radius 3 is 2.91 bits per heavy atom. The molecule has 0 amide bonds. The van der Waals surface area contributed by atoms with Gasteiger partial charge in [-0.25, -0.2) is 0 Å². The molecule has 0 saturated carbocycles. The van der Waals surface area contributed by atoms with E-state index in [1.165, 1.54) is 44.5 Å². The first-order valence-electron chi connectivity index (χ1n) is 9.28. The Morgan fingerprint density at radius 1 is 1.35 bits per heavy atom. The van der Waals surface area contributed by atoms with Crippen molar-refractivity contribution in [1.82, 2.24) is 4.90 Å². The molecular weight excluding hydrogens is 280 g/mol. The van der Waals surface area contributed by atoms with Gasteiger partial charge in [0.1, 0.15) is 0 Å². The lowest BCUT2D eigenvalue weighted by atomic mass is 9.77. The number of likely N-dealkylation sites (N-methyl/N-ethyl adjacent to an activating group) is 1. The molecule has 2 aliphatic rings. The Hall–Kier alpha value is -1.28. The van der Waals surface area contributed by atoms with Crippen LogP contribution in [0.1, 0.15) is 50.7 Å². The van der Waals surface area contributed by atoms with Crippen LogP contribution < -0.4 is 4.90 Å². The SMILES string of the molecule is CCC1CN2CCCc3cccc(c32)C1CN(C)CC=C(C)C. The van der Waals surface area contributed by atoms with Gasteiger partial charge in [-0.3, -0.25) is 0 Å². The van der Waals surface area contributed by atoms with E-state index in [1.807, 2.05) is 0 Å². The van der Waals surface area contributed by atoms with Crippen LogP contribution in [0.2, 0.25) is 0 Å². The quantitative estimate of drug-likeness (QED) is 0.741. The zero-order valence-electron chi connectivity index (χ0n) is 15.3. The van der Waals surface area contributed by atoms with Crippen LogP contribution in [-0.4, -0.2) is 38.1 Å². The number of nitrogens with zero attached hydrogens (tertiary/aromatic N) is 2. The largest absolute Gasteiger partial charge is 0.371 e. The fraction of sp³-hybridized carbons (Fsp3) is 0.619. The first kappa shape index (κ1) is 16.6. The van der Waals surface area contributed by atoms with Crippen molar-refractivity contribution < 1.29 is 0 Å². The van der Waals surface area contributed by atoms with Gasteiger partial charge < -0.3 is 9.80 Å². The van der Waals surface area contributed by atoms with E-state index in [9.17, 15) is 0 Å². The number of rotatable bonds is 5. The molecule has 126 valence electrons. The second-order valence-electron chi connectivity index (χ2n) is 7.68. The first-order valence-corrected chi connectivity index (χ1v) is 9.28. The van der Waals surface area contributed by atoms with Crippen LogP contribution in [0.15, 0.2) is 29.8 Å². The van der Waals surface area contributed by atoms with Crippen molar-refractivity contribution in [2.45, 2.75) is 46.0 Å². The average molecular weight is 313 g/mol. The van der Waals surface area contributed by atoms with Crippen LogP contribution in [0.25, 0.3) is 0 Å². The van der Waals surface area contributed by atoms with Gasteiger partial charge in [0.2, 0.25) is 0 Å². The predicted molar refractivity (Wildman–Crippen MR) is 100 cm³/mol. The second kappa shape index (κ2) is 7.09. The van der Waals surface area contributed by atoms with Gasteiger partial charge in [-0.15, -0.1) is 0 Å². The van der Waals surface area contributed by atoms with Crippen LogP contribution in [-0.2, 0) is 6.42 Å². The minimum absolute atomic E-state index is 0.680. The summed E-state index contributed by atoms with van der Waals surface area (Å²) in [7, 11) is 2.27. The Balaban J connectivity index is 1.87. The molecule has 2 atom stereocenters. The third-order valence-electron chi connectivity index (χ3n) is 5.61. The molecule has 23 heavy (non-hydrogen) atoms. The Morgan fingerprint density at radius 2 is 2.17 bits per heavy atom. The summed E-state index contributed by atoms with van der Waals surface area (Å²) in [4.78, 5) is 5.17. The maximum absolute atomic E-state index is 2.68. The zero-order chi connectivity index (χ0) is 16.4. The summed E-state index contributed by atoms with van der Waals surface area (Å²) in [6.45, 7) is 11.5. The molecular formula is C21H32N2. The molecule has 3 rings (SSSR count). The first-order chi connectivity index (χ1) is 11.1. The molecule has 2 nitrogen and oxygen atoms in total. The smallest absolute Gasteiger partial charge is 0.0434 e. The molecule has 2 aliphatic heterocycles. The van der Waals surface area contributed by atoms with Crippen molar-refractivity contribution in [1.29, 1.82) is 0 Å². The number of benzene rings is 1. The molecule has 0 aromatic heterocycles. The predicted octanol–water partition coefficient (Wildman–Crippen LogP) is 4.46. The normalized spacial score (nSPS) is 22.9. The zero-order valence-corrected chi connectivity index (χ0v) is 15.3. The Labute approximate surface area is 142 Å².